The molecule has 4 heteroatoms. The number of benzene rings is 1. The fourth-order valence-electron chi connectivity index (χ4n) is 1.52. The summed E-state index contributed by atoms with van der Waals surface area (Å²) < 4.78 is 0. The van der Waals surface area contributed by atoms with Crippen molar-refractivity contribution < 1.29 is 0 Å². The van der Waals surface area contributed by atoms with E-state index in [9.17, 15) is 0 Å². The summed E-state index contributed by atoms with van der Waals surface area (Å²) in [6.07, 6.45) is 0. The highest BCUT2D eigenvalue weighted by atomic mass is 35.5. The van der Waals surface area contributed by atoms with Gasteiger partial charge < -0.3 is 5.32 Å². The van der Waals surface area contributed by atoms with Crippen molar-refractivity contribution in [3.05, 3.63) is 40.9 Å². The Morgan fingerprint density at radius 2 is 1.94 bits per heavy atom. The summed E-state index contributed by atoms with van der Waals surface area (Å²) in [7, 11) is 1.82. The highest BCUT2D eigenvalue weighted by Crippen LogP contribution is 2.24. The number of aryl methyl sites for hydroxylation is 1. The fraction of sp³-hybridized carbons (Fsp3) is 0.167. The van der Waals surface area contributed by atoms with Crippen LogP contribution in [0.15, 0.2) is 30.3 Å². The van der Waals surface area contributed by atoms with Crippen LogP contribution in [-0.2, 0) is 0 Å². The molecule has 0 bridgehead atoms. The molecule has 0 atom stereocenters. The predicted octanol–water partition coefficient (Wildman–Crippen LogP) is 3.15. The lowest BCUT2D eigenvalue weighted by atomic mass is 10.1. The Morgan fingerprint density at radius 1 is 1.12 bits per heavy atom. The van der Waals surface area contributed by atoms with E-state index in [4.69, 9.17) is 11.6 Å². The van der Waals surface area contributed by atoms with Gasteiger partial charge >= 0.3 is 0 Å². The monoisotopic (exact) mass is 233 g/mol. The van der Waals surface area contributed by atoms with Crippen LogP contribution in [-0.4, -0.2) is 17.2 Å². The van der Waals surface area contributed by atoms with E-state index in [1.54, 1.807) is 0 Å². The molecule has 0 radical (unpaired) electrons. The minimum absolute atomic E-state index is 0.737. The lowest BCUT2D eigenvalue weighted by molar-refractivity contribution is 1.04. The van der Waals surface area contributed by atoms with Crippen LogP contribution in [0.2, 0.25) is 5.02 Å². The lowest BCUT2D eigenvalue weighted by Crippen LogP contribution is -1.95. The maximum atomic E-state index is 5.91. The van der Waals surface area contributed by atoms with Gasteiger partial charge in [-0.2, -0.15) is 0 Å². The molecule has 3 nitrogen and oxygen atoms in total. The average molecular weight is 234 g/mol. The highest BCUT2D eigenvalue weighted by Gasteiger charge is 2.04. The zero-order valence-electron chi connectivity index (χ0n) is 9.16. The molecule has 16 heavy (non-hydrogen) atoms. The second-order valence-corrected chi connectivity index (χ2v) is 3.95. The molecular formula is C12H12ClN3. The van der Waals surface area contributed by atoms with Crippen molar-refractivity contribution in [1.82, 2.24) is 10.2 Å². The standard InChI is InChI=1S/C12H12ClN3/c1-8-7-9(13)3-4-10(8)11-5-6-12(14-2)16-15-11/h3-7H,1-2H3,(H,14,16). The summed E-state index contributed by atoms with van der Waals surface area (Å²) in [5.41, 5.74) is 3.01. The molecule has 0 saturated heterocycles. The highest BCUT2D eigenvalue weighted by molar-refractivity contribution is 6.30. The molecule has 0 amide bonds. The van der Waals surface area contributed by atoms with E-state index in [1.165, 1.54) is 0 Å². The van der Waals surface area contributed by atoms with Crippen LogP contribution in [0.4, 0.5) is 5.82 Å². The number of nitrogens with zero attached hydrogens (tertiary/aromatic N) is 2. The van der Waals surface area contributed by atoms with E-state index < -0.39 is 0 Å². The molecule has 1 aromatic heterocycles. The number of hydrogen-bond donors (Lipinski definition) is 1. The molecule has 0 unspecified atom stereocenters. The van der Waals surface area contributed by atoms with Crippen LogP contribution >= 0.6 is 11.6 Å². The number of anilines is 1. The first kappa shape index (κ1) is 10.9. The van der Waals surface area contributed by atoms with E-state index in [-0.39, 0.29) is 0 Å². The summed E-state index contributed by atoms with van der Waals surface area (Å²) in [6, 6.07) is 9.58. The maximum absolute atomic E-state index is 5.91. The van der Waals surface area contributed by atoms with Gasteiger partial charge in [-0.3, -0.25) is 0 Å². The average Bonchev–Trinajstić information content (AvgIpc) is 2.29. The van der Waals surface area contributed by atoms with Gasteiger partial charge in [-0.25, -0.2) is 0 Å². The van der Waals surface area contributed by atoms with E-state index in [1.807, 2.05) is 44.3 Å². The second kappa shape index (κ2) is 4.49. The smallest absolute Gasteiger partial charge is 0.148 e. The lowest BCUT2D eigenvalue weighted by Gasteiger charge is -2.05. The topological polar surface area (TPSA) is 37.8 Å². The zero-order chi connectivity index (χ0) is 11.5. The third-order valence-corrected chi connectivity index (χ3v) is 2.62. The van der Waals surface area contributed by atoms with Gasteiger partial charge in [0, 0.05) is 17.6 Å². The number of halogens is 1. The zero-order valence-corrected chi connectivity index (χ0v) is 9.92. The van der Waals surface area contributed by atoms with Crippen LogP contribution < -0.4 is 5.32 Å². The number of hydrogen-bond acceptors (Lipinski definition) is 3. The summed E-state index contributed by atoms with van der Waals surface area (Å²) in [5.74, 6) is 0.760. The predicted molar refractivity (Wildman–Crippen MR) is 66.8 cm³/mol. The van der Waals surface area contributed by atoms with Gasteiger partial charge in [-0.15, -0.1) is 10.2 Å². The molecule has 0 aliphatic heterocycles. The number of aromatic nitrogens is 2. The minimum atomic E-state index is 0.737. The Balaban J connectivity index is 2.42. The maximum Gasteiger partial charge on any atom is 0.148 e. The van der Waals surface area contributed by atoms with Crippen molar-refractivity contribution in [2.45, 2.75) is 6.92 Å². The number of rotatable bonds is 2. The quantitative estimate of drug-likeness (QED) is 0.866. The molecule has 0 fully saturated rings. The van der Waals surface area contributed by atoms with Crippen LogP contribution in [0.1, 0.15) is 5.56 Å². The van der Waals surface area contributed by atoms with Crippen molar-refractivity contribution in [1.29, 1.82) is 0 Å². The Labute approximate surface area is 99.5 Å². The van der Waals surface area contributed by atoms with Gasteiger partial charge in [0.15, 0.2) is 0 Å². The molecule has 0 aliphatic rings. The molecule has 1 aromatic carbocycles. The third-order valence-electron chi connectivity index (χ3n) is 2.39. The molecule has 0 aliphatic carbocycles. The van der Waals surface area contributed by atoms with Gasteiger partial charge in [-0.05, 0) is 36.8 Å². The largest absolute Gasteiger partial charge is 0.372 e. The molecule has 0 saturated carbocycles. The molecule has 1 heterocycles. The molecule has 0 spiro atoms. The van der Waals surface area contributed by atoms with Crippen LogP contribution in [0.25, 0.3) is 11.3 Å². The second-order valence-electron chi connectivity index (χ2n) is 3.51. The summed E-state index contributed by atoms with van der Waals surface area (Å²) in [4.78, 5) is 0. The van der Waals surface area contributed by atoms with Gasteiger partial charge in [-0.1, -0.05) is 17.7 Å². The first-order chi connectivity index (χ1) is 7.70. The summed E-state index contributed by atoms with van der Waals surface area (Å²) in [6.45, 7) is 2.01. The van der Waals surface area contributed by atoms with Crippen LogP contribution in [0, 0.1) is 6.92 Å². The van der Waals surface area contributed by atoms with Crippen molar-refractivity contribution in [2.75, 3.05) is 12.4 Å². The van der Waals surface area contributed by atoms with Crippen molar-refractivity contribution in [3.63, 3.8) is 0 Å². The van der Waals surface area contributed by atoms with Crippen LogP contribution in [0.5, 0.6) is 0 Å². The molecular weight excluding hydrogens is 222 g/mol. The molecule has 2 rings (SSSR count). The van der Waals surface area contributed by atoms with E-state index in [0.29, 0.717) is 0 Å². The van der Waals surface area contributed by atoms with Gasteiger partial charge in [0.25, 0.3) is 0 Å². The van der Waals surface area contributed by atoms with Crippen molar-refractivity contribution >= 4 is 17.4 Å². The molecule has 1 N–H and O–H groups in total. The molecule has 82 valence electrons. The van der Waals surface area contributed by atoms with E-state index in [0.717, 1.165) is 27.7 Å². The fourth-order valence-corrected chi connectivity index (χ4v) is 1.75. The Hall–Kier alpha value is -1.61. The Kier molecular flexibility index (Phi) is 3.06. The van der Waals surface area contributed by atoms with Crippen LogP contribution in [0.3, 0.4) is 0 Å². The van der Waals surface area contributed by atoms with E-state index in [2.05, 4.69) is 15.5 Å². The minimum Gasteiger partial charge on any atom is -0.372 e. The first-order valence-corrected chi connectivity index (χ1v) is 5.36. The SMILES string of the molecule is CNc1ccc(-c2ccc(Cl)cc2C)nn1. The normalized spacial score (nSPS) is 10.2. The van der Waals surface area contributed by atoms with Gasteiger partial charge in [0.1, 0.15) is 5.82 Å². The van der Waals surface area contributed by atoms with Crippen molar-refractivity contribution in [3.8, 4) is 11.3 Å². The Bertz CT molecular complexity index is 494. The Morgan fingerprint density at radius 3 is 2.50 bits per heavy atom. The number of nitrogens with one attached hydrogen (secondary N) is 1. The van der Waals surface area contributed by atoms with Gasteiger partial charge in [0.05, 0.1) is 5.69 Å². The first-order valence-electron chi connectivity index (χ1n) is 4.98. The van der Waals surface area contributed by atoms with E-state index >= 15 is 0 Å². The summed E-state index contributed by atoms with van der Waals surface area (Å²) in [5, 5.41) is 11.9. The van der Waals surface area contributed by atoms with Gasteiger partial charge in [0.2, 0.25) is 0 Å². The summed E-state index contributed by atoms with van der Waals surface area (Å²) >= 11 is 5.91. The molecule has 2 aromatic rings. The third kappa shape index (κ3) is 2.14. The van der Waals surface area contributed by atoms with Crippen molar-refractivity contribution in [2.24, 2.45) is 0 Å².